The summed E-state index contributed by atoms with van der Waals surface area (Å²) in [6.45, 7) is 7.58. The molecule has 12 heteroatoms. The maximum Gasteiger partial charge on any atom is 0.375 e. The molecule has 11 nitrogen and oxygen atoms in total. The van der Waals surface area contributed by atoms with E-state index in [1.807, 2.05) is 31.4 Å². The van der Waals surface area contributed by atoms with Crippen LogP contribution in [0.25, 0.3) is 16.5 Å². The number of carbonyl (C=O) groups excluding carboxylic acids is 4. The van der Waals surface area contributed by atoms with Crippen LogP contribution < -0.4 is 0 Å². The normalized spacial score (nSPS) is 10.3. The molecule has 0 saturated heterocycles. The Bertz CT molecular complexity index is 1430. The Kier molecular flexibility index (Phi) is 10.3. The van der Waals surface area contributed by atoms with Crippen LogP contribution in [-0.4, -0.2) is 61.5 Å². The van der Waals surface area contributed by atoms with Crippen molar-refractivity contribution in [3.8, 4) is 16.5 Å². The smallest absolute Gasteiger partial charge is 0.375 e. The maximum atomic E-state index is 11.9. The molecule has 0 fully saturated rings. The summed E-state index contributed by atoms with van der Waals surface area (Å²) >= 11 is 1.44. The summed E-state index contributed by atoms with van der Waals surface area (Å²) in [6, 6.07) is 8.78. The Labute approximate surface area is 228 Å². The zero-order chi connectivity index (χ0) is 28.4. The van der Waals surface area contributed by atoms with Gasteiger partial charge in [0.2, 0.25) is 10.9 Å². The average molecular weight is 550 g/mol. The van der Waals surface area contributed by atoms with Crippen LogP contribution >= 0.6 is 11.3 Å². The Morgan fingerprint density at radius 2 is 1.56 bits per heavy atom. The molecule has 0 radical (unpaired) electrons. The van der Waals surface area contributed by atoms with E-state index < -0.39 is 29.9 Å². The van der Waals surface area contributed by atoms with Crippen molar-refractivity contribution in [2.45, 2.75) is 34.1 Å². The summed E-state index contributed by atoms with van der Waals surface area (Å²) in [5, 5.41) is 6.85. The fourth-order valence-corrected chi connectivity index (χ4v) is 3.71. The number of hydrogen-bond acceptors (Lipinski definition) is 11. The molecule has 0 bridgehead atoms. The third kappa shape index (κ3) is 7.95. The summed E-state index contributed by atoms with van der Waals surface area (Å²) in [5.74, 6) is -2.76. The summed E-state index contributed by atoms with van der Waals surface area (Å²) in [6.07, 6.45) is 4.49. The lowest BCUT2D eigenvalue weighted by Gasteiger charge is -2.03. The van der Waals surface area contributed by atoms with E-state index in [0.29, 0.717) is 17.4 Å². The van der Waals surface area contributed by atoms with Gasteiger partial charge in [-0.15, -0.1) is 11.3 Å². The topological polar surface area (TPSA) is 143 Å². The van der Waals surface area contributed by atoms with Gasteiger partial charge in [-0.2, -0.15) is 5.10 Å². The molecule has 4 aromatic rings. The molecule has 0 aliphatic heterocycles. The molecule has 0 aliphatic rings. The van der Waals surface area contributed by atoms with Gasteiger partial charge >= 0.3 is 11.9 Å². The van der Waals surface area contributed by atoms with Crippen molar-refractivity contribution in [3.05, 3.63) is 76.8 Å². The molecule has 4 heterocycles. The van der Waals surface area contributed by atoms with Crippen molar-refractivity contribution in [3.63, 3.8) is 0 Å². The number of carbonyl (C=O) groups is 4. The number of pyridine rings is 2. The predicted octanol–water partition coefficient (Wildman–Crippen LogP) is 3.97. The van der Waals surface area contributed by atoms with Crippen LogP contribution in [0.5, 0.6) is 0 Å². The van der Waals surface area contributed by atoms with Gasteiger partial charge in [0.15, 0.2) is 11.5 Å². The quantitative estimate of drug-likeness (QED) is 0.130. The Morgan fingerprint density at radius 3 is 2.13 bits per heavy atom. The number of thiazole rings is 1. The molecule has 4 rings (SSSR count). The van der Waals surface area contributed by atoms with Crippen molar-refractivity contribution in [2.24, 2.45) is 0 Å². The summed E-state index contributed by atoms with van der Waals surface area (Å²) in [5.41, 5.74) is 3.83. The summed E-state index contributed by atoms with van der Waals surface area (Å²) in [4.78, 5) is 58.3. The van der Waals surface area contributed by atoms with E-state index in [1.54, 1.807) is 43.1 Å². The minimum atomic E-state index is -0.979. The number of ketones is 2. The third-order valence-corrected chi connectivity index (χ3v) is 5.74. The lowest BCUT2D eigenvalue weighted by molar-refractivity contribution is -0.153. The molecule has 0 N–H and O–H groups in total. The number of Topliss-reactive ketones (excluding diaryl/α,β-unsaturated/α-hetero) is 2. The van der Waals surface area contributed by atoms with Crippen molar-refractivity contribution >= 4 is 34.8 Å². The van der Waals surface area contributed by atoms with Crippen LogP contribution in [0.15, 0.2) is 54.3 Å². The number of hydrogen-bond donors (Lipinski definition) is 0. The second-order valence-electron chi connectivity index (χ2n) is 8.05. The Balaban J connectivity index is 0.000000224. The fraction of sp³-hybridized carbons (Fsp3) is 0.259. The molecule has 0 aliphatic carbocycles. The number of nitrogens with zero attached hydrogens (tertiary/aromatic N) is 5. The second-order valence-corrected chi connectivity index (χ2v) is 8.92. The van der Waals surface area contributed by atoms with Gasteiger partial charge in [0, 0.05) is 30.0 Å². The van der Waals surface area contributed by atoms with Crippen LogP contribution in [0.1, 0.15) is 52.4 Å². The Hall–Kier alpha value is -4.58. The van der Waals surface area contributed by atoms with E-state index in [0.717, 1.165) is 16.8 Å². The van der Waals surface area contributed by atoms with Gasteiger partial charge in [-0.25, -0.2) is 19.3 Å². The number of ether oxygens (including phenoxy) is 2. The van der Waals surface area contributed by atoms with Crippen LogP contribution in [0.4, 0.5) is 0 Å². The third-order valence-electron chi connectivity index (χ3n) is 4.99. The highest BCUT2D eigenvalue weighted by Crippen LogP contribution is 2.24. The summed E-state index contributed by atoms with van der Waals surface area (Å²) < 4.78 is 11.1. The minimum Gasteiger partial charge on any atom is -0.461 e. The zero-order valence-electron chi connectivity index (χ0n) is 21.9. The highest BCUT2D eigenvalue weighted by atomic mass is 32.1. The molecule has 0 saturated carbocycles. The van der Waals surface area contributed by atoms with E-state index >= 15 is 0 Å². The minimum absolute atomic E-state index is 0.113. The average Bonchev–Trinajstić information content (AvgIpc) is 3.61. The first-order valence-corrected chi connectivity index (χ1v) is 12.9. The monoisotopic (exact) mass is 549 g/mol. The largest absolute Gasteiger partial charge is 0.461 e. The van der Waals surface area contributed by atoms with E-state index in [4.69, 9.17) is 4.74 Å². The van der Waals surface area contributed by atoms with Gasteiger partial charge in [0.05, 0.1) is 31.0 Å². The predicted molar refractivity (Wildman–Crippen MR) is 143 cm³/mol. The van der Waals surface area contributed by atoms with Crippen LogP contribution in [0.2, 0.25) is 0 Å². The fourth-order valence-electron chi connectivity index (χ4n) is 3.11. The molecule has 0 aromatic carbocycles. The number of aryl methyl sites for hydroxylation is 2. The van der Waals surface area contributed by atoms with Crippen LogP contribution in [-0.2, 0) is 19.1 Å². The van der Waals surface area contributed by atoms with Gasteiger partial charge in [-0.05, 0) is 51.0 Å². The van der Waals surface area contributed by atoms with Gasteiger partial charge in [-0.3, -0.25) is 19.6 Å². The SMILES string of the molecule is CCOC(=O)C(=O)CC(=O)c1ccc(C)cn1.CCOC(=O)c1cc(-c2ccc(C)cn2)n(-c2nccs2)n1. The number of aromatic nitrogens is 5. The van der Waals surface area contributed by atoms with Crippen molar-refractivity contribution in [1.82, 2.24) is 24.7 Å². The summed E-state index contributed by atoms with van der Waals surface area (Å²) in [7, 11) is 0. The lowest BCUT2D eigenvalue weighted by Crippen LogP contribution is -2.21. The molecule has 202 valence electrons. The zero-order valence-corrected chi connectivity index (χ0v) is 22.7. The molecule has 39 heavy (non-hydrogen) atoms. The number of rotatable bonds is 9. The molecule has 0 spiro atoms. The lowest BCUT2D eigenvalue weighted by atomic mass is 10.1. The van der Waals surface area contributed by atoms with Gasteiger partial charge in [0.1, 0.15) is 5.69 Å². The maximum absolute atomic E-state index is 11.9. The van der Waals surface area contributed by atoms with Crippen molar-refractivity contribution < 1.29 is 28.7 Å². The van der Waals surface area contributed by atoms with E-state index in [1.165, 1.54) is 23.6 Å². The van der Waals surface area contributed by atoms with Crippen molar-refractivity contribution in [2.75, 3.05) is 13.2 Å². The van der Waals surface area contributed by atoms with Crippen LogP contribution in [0.3, 0.4) is 0 Å². The van der Waals surface area contributed by atoms with E-state index in [9.17, 15) is 19.2 Å². The van der Waals surface area contributed by atoms with Crippen LogP contribution in [0, 0.1) is 13.8 Å². The number of esters is 2. The molecular formula is C27H27N5O6S. The molecule has 4 aromatic heterocycles. The van der Waals surface area contributed by atoms with E-state index in [2.05, 4.69) is 24.8 Å². The van der Waals surface area contributed by atoms with Gasteiger partial charge in [0.25, 0.3) is 0 Å². The van der Waals surface area contributed by atoms with E-state index in [-0.39, 0.29) is 18.0 Å². The molecule has 0 unspecified atom stereocenters. The first kappa shape index (κ1) is 29.0. The molecule has 0 atom stereocenters. The Morgan fingerprint density at radius 1 is 0.872 bits per heavy atom. The highest BCUT2D eigenvalue weighted by molar-refractivity contribution is 7.12. The van der Waals surface area contributed by atoms with Gasteiger partial charge in [-0.1, -0.05) is 12.1 Å². The second kappa shape index (κ2) is 13.8. The van der Waals surface area contributed by atoms with Crippen molar-refractivity contribution in [1.29, 1.82) is 0 Å². The standard InChI is InChI=1S/C15H14N4O2S.C12H13NO4/c1-3-21-14(20)12-8-13(11-5-4-10(2)9-17-11)19(18-12)15-16-6-7-22-15;1-3-17-12(16)11(15)6-10(14)9-5-4-8(2)7-13-9/h4-9H,3H2,1-2H3;4-5,7H,3,6H2,1-2H3. The first-order valence-electron chi connectivity index (χ1n) is 12.0. The highest BCUT2D eigenvalue weighted by Gasteiger charge is 2.21. The molecular weight excluding hydrogens is 522 g/mol. The van der Waals surface area contributed by atoms with Gasteiger partial charge < -0.3 is 9.47 Å². The first-order chi connectivity index (χ1) is 18.7. The molecule has 0 amide bonds.